The maximum absolute atomic E-state index is 14.0. The Kier molecular flexibility index (Phi) is 4.52. The molecule has 0 radical (unpaired) electrons. The number of aromatic nitrogens is 1. The van der Waals surface area contributed by atoms with Crippen molar-refractivity contribution < 1.29 is 13.7 Å². The molecule has 0 saturated carbocycles. The van der Waals surface area contributed by atoms with E-state index in [1.54, 1.807) is 23.1 Å². The molecule has 2 heterocycles. The summed E-state index contributed by atoms with van der Waals surface area (Å²) in [5, 5.41) is 4.01. The first-order valence-electron chi connectivity index (χ1n) is 8.74. The van der Waals surface area contributed by atoms with Crippen LogP contribution in [0.15, 0.2) is 65.2 Å². The van der Waals surface area contributed by atoms with Crippen molar-refractivity contribution in [3.8, 4) is 0 Å². The highest BCUT2D eigenvalue weighted by atomic mass is 19.1. The molecule has 132 valence electrons. The van der Waals surface area contributed by atoms with Crippen molar-refractivity contribution in [3.63, 3.8) is 0 Å². The molecule has 0 bridgehead atoms. The van der Waals surface area contributed by atoms with E-state index in [4.69, 9.17) is 4.52 Å². The van der Waals surface area contributed by atoms with Crippen molar-refractivity contribution in [1.82, 2.24) is 10.1 Å². The second-order valence-electron chi connectivity index (χ2n) is 6.60. The summed E-state index contributed by atoms with van der Waals surface area (Å²) >= 11 is 0. The lowest BCUT2D eigenvalue weighted by Gasteiger charge is -2.15. The standard InChI is InChI=1S/C21H19FN2O2/c22-19-9-5-4-8-18(19)16-10-11-24(14-16)21(25)20-13-17(23-26-20)12-15-6-2-1-3-7-15/h1-9,13,16H,10-12,14H2. The number of carbonyl (C=O) groups is 1. The first kappa shape index (κ1) is 16.5. The van der Waals surface area contributed by atoms with Gasteiger partial charge in [0.1, 0.15) is 5.82 Å². The molecule has 1 atom stereocenters. The van der Waals surface area contributed by atoms with Crippen LogP contribution < -0.4 is 0 Å². The van der Waals surface area contributed by atoms with Crippen LogP contribution in [0, 0.1) is 5.82 Å². The van der Waals surface area contributed by atoms with Gasteiger partial charge in [0, 0.05) is 31.5 Å². The summed E-state index contributed by atoms with van der Waals surface area (Å²) < 4.78 is 19.2. The number of amides is 1. The molecule has 1 unspecified atom stereocenters. The average Bonchev–Trinajstić information content (AvgIpc) is 3.32. The first-order valence-corrected chi connectivity index (χ1v) is 8.74. The topological polar surface area (TPSA) is 46.3 Å². The molecule has 1 aromatic heterocycles. The fourth-order valence-electron chi connectivity index (χ4n) is 3.46. The normalized spacial score (nSPS) is 16.8. The van der Waals surface area contributed by atoms with Crippen molar-refractivity contribution >= 4 is 5.91 Å². The molecule has 4 rings (SSSR count). The van der Waals surface area contributed by atoms with Crippen molar-refractivity contribution in [3.05, 3.63) is 89.1 Å². The molecule has 1 aliphatic rings. The van der Waals surface area contributed by atoms with Gasteiger partial charge in [0.25, 0.3) is 5.91 Å². The van der Waals surface area contributed by atoms with Crippen LogP contribution in [0.5, 0.6) is 0 Å². The van der Waals surface area contributed by atoms with Crippen LogP contribution in [0.4, 0.5) is 4.39 Å². The van der Waals surface area contributed by atoms with E-state index in [0.29, 0.717) is 25.1 Å². The monoisotopic (exact) mass is 350 g/mol. The Morgan fingerprint density at radius 1 is 1.15 bits per heavy atom. The number of benzene rings is 2. The van der Waals surface area contributed by atoms with Gasteiger partial charge in [-0.05, 0) is 23.6 Å². The van der Waals surface area contributed by atoms with Crippen LogP contribution in [0.2, 0.25) is 0 Å². The van der Waals surface area contributed by atoms with Gasteiger partial charge in [0.05, 0.1) is 5.69 Å². The summed E-state index contributed by atoms with van der Waals surface area (Å²) in [4.78, 5) is 14.4. The van der Waals surface area contributed by atoms with Crippen LogP contribution in [-0.4, -0.2) is 29.1 Å². The maximum Gasteiger partial charge on any atom is 0.292 e. The number of nitrogens with zero attached hydrogens (tertiary/aromatic N) is 2. The van der Waals surface area contributed by atoms with E-state index in [-0.39, 0.29) is 23.4 Å². The Balaban J connectivity index is 1.43. The molecule has 1 fully saturated rings. The smallest absolute Gasteiger partial charge is 0.292 e. The average molecular weight is 350 g/mol. The van der Waals surface area contributed by atoms with Crippen LogP contribution in [0.1, 0.15) is 39.7 Å². The molecule has 0 N–H and O–H groups in total. The van der Waals surface area contributed by atoms with Gasteiger partial charge in [0.15, 0.2) is 0 Å². The van der Waals surface area contributed by atoms with E-state index in [1.165, 1.54) is 6.07 Å². The molecule has 5 heteroatoms. The summed E-state index contributed by atoms with van der Waals surface area (Å²) in [5.74, 6) is -0.135. The van der Waals surface area contributed by atoms with Gasteiger partial charge in [-0.15, -0.1) is 0 Å². The lowest BCUT2D eigenvalue weighted by atomic mass is 9.98. The molecule has 1 saturated heterocycles. The van der Waals surface area contributed by atoms with E-state index in [0.717, 1.165) is 17.7 Å². The molecule has 1 amide bonds. The van der Waals surface area contributed by atoms with Gasteiger partial charge in [-0.2, -0.15) is 0 Å². The Morgan fingerprint density at radius 3 is 2.73 bits per heavy atom. The van der Waals surface area contributed by atoms with Crippen LogP contribution in [-0.2, 0) is 6.42 Å². The quantitative estimate of drug-likeness (QED) is 0.714. The van der Waals surface area contributed by atoms with Crippen molar-refractivity contribution in [2.75, 3.05) is 13.1 Å². The highest BCUT2D eigenvalue weighted by Crippen LogP contribution is 2.29. The summed E-state index contributed by atoms with van der Waals surface area (Å²) in [6.45, 7) is 1.08. The highest BCUT2D eigenvalue weighted by molar-refractivity contribution is 5.91. The van der Waals surface area contributed by atoms with Crippen LogP contribution >= 0.6 is 0 Å². The Morgan fingerprint density at radius 2 is 1.92 bits per heavy atom. The van der Waals surface area contributed by atoms with Gasteiger partial charge < -0.3 is 9.42 Å². The van der Waals surface area contributed by atoms with Crippen LogP contribution in [0.25, 0.3) is 0 Å². The van der Waals surface area contributed by atoms with E-state index in [9.17, 15) is 9.18 Å². The second-order valence-corrected chi connectivity index (χ2v) is 6.60. The first-order chi connectivity index (χ1) is 12.7. The number of hydrogen-bond acceptors (Lipinski definition) is 3. The Labute approximate surface area is 151 Å². The van der Waals surface area contributed by atoms with Crippen LogP contribution in [0.3, 0.4) is 0 Å². The van der Waals surface area contributed by atoms with Gasteiger partial charge in [-0.25, -0.2) is 4.39 Å². The SMILES string of the molecule is O=C(c1cc(Cc2ccccc2)no1)N1CCC(c2ccccc2F)C1. The Hall–Kier alpha value is -2.95. The van der Waals surface area contributed by atoms with Crippen molar-refractivity contribution in [2.45, 2.75) is 18.8 Å². The van der Waals surface area contributed by atoms with Crippen molar-refractivity contribution in [1.29, 1.82) is 0 Å². The molecule has 2 aromatic carbocycles. The van der Waals surface area contributed by atoms with E-state index in [2.05, 4.69) is 5.16 Å². The minimum atomic E-state index is -0.211. The number of halogens is 1. The third kappa shape index (κ3) is 3.38. The summed E-state index contributed by atoms with van der Waals surface area (Å²) in [6, 6.07) is 18.4. The fraction of sp³-hybridized carbons (Fsp3) is 0.238. The molecule has 4 nitrogen and oxygen atoms in total. The zero-order chi connectivity index (χ0) is 17.9. The molecule has 26 heavy (non-hydrogen) atoms. The molecule has 0 aliphatic carbocycles. The van der Waals surface area contributed by atoms with Gasteiger partial charge in [-0.1, -0.05) is 53.7 Å². The zero-order valence-electron chi connectivity index (χ0n) is 14.3. The minimum Gasteiger partial charge on any atom is -0.351 e. The molecule has 3 aromatic rings. The third-order valence-electron chi connectivity index (χ3n) is 4.82. The van der Waals surface area contributed by atoms with Gasteiger partial charge >= 0.3 is 0 Å². The molecular weight excluding hydrogens is 331 g/mol. The number of likely N-dealkylation sites (tertiary alicyclic amines) is 1. The lowest BCUT2D eigenvalue weighted by Crippen LogP contribution is -2.28. The largest absolute Gasteiger partial charge is 0.351 e. The predicted molar refractivity (Wildman–Crippen MR) is 95.4 cm³/mol. The number of carbonyl (C=O) groups excluding carboxylic acids is 1. The van der Waals surface area contributed by atoms with E-state index >= 15 is 0 Å². The fourth-order valence-corrected chi connectivity index (χ4v) is 3.46. The highest BCUT2D eigenvalue weighted by Gasteiger charge is 2.31. The minimum absolute atomic E-state index is 0.0202. The number of rotatable bonds is 4. The number of hydrogen-bond donors (Lipinski definition) is 0. The summed E-state index contributed by atoms with van der Waals surface area (Å²) in [7, 11) is 0. The van der Waals surface area contributed by atoms with Gasteiger partial charge in [0.2, 0.25) is 5.76 Å². The van der Waals surface area contributed by atoms with E-state index < -0.39 is 0 Å². The molecule has 0 spiro atoms. The predicted octanol–water partition coefficient (Wildman–Crippen LogP) is 4.03. The molecular formula is C21H19FN2O2. The zero-order valence-corrected chi connectivity index (χ0v) is 14.3. The molecule has 1 aliphatic heterocycles. The Bertz CT molecular complexity index is 907. The summed E-state index contributed by atoms with van der Waals surface area (Å²) in [6.07, 6.45) is 1.37. The van der Waals surface area contributed by atoms with Crippen molar-refractivity contribution in [2.24, 2.45) is 0 Å². The lowest BCUT2D eigenvalue weighted by molar-refractivity contribution is 0.0749. The van der Waals surface area contributed by atoms with Gasteiger partial charge in [-0.3, -0.25) is 4.79 Å². The van der Waals surface area contributed by atoms with E-state index in [1.807, 2.05) is 36.4 Å². The summed E-state index contributed by atoms with van der Waals surface area (Å²) in [5.41, 5.74) is 2.51. The second kappa shape index (κ2) is 7.12. The maximum atomic E-state index is 14.0. The third-order valence-corrected chi connectivity index (χ3v) is 4.82.